The van der Waals surface area contributed by atoms with Crippen LogP contribution in [0, 0.1) is 5.92 Å². The molecule has 2 N–H and O–H groups in total. The molecule has 2 rings (SSSR count). The van der Waals surface area contributed by atoms with Gasteiger partial charge < -0.3 is 10.2 Å². The number of benzene rings is 1. The van der Waals surface area contributed by atoms with Crippen LogP contribution < -0.4 is 14.9 Å². The smallest absolute Gasteiger partial charge is 0.214 e. The zero-order chi connectivity index (χ0) is 19.0. The number of para-hydroxylation sites is 1. The van der Waals surface area contributed by atoms with Gasteiger partial charge in [-0.15, -0.1) is 0 Å². The average Bonchev–Trinajstić information content (AvgIpc) is 2.63. The van der Waals surface area contributed by atoms with Crippen molar-refractivity contribution in [2.45, 2.75) is 57.7 Å². The lowest BCUT2D eigenvalue weighted by atomic mass is 9.86. The van der Waals surface area contributed by atoms with Crippen molar-refractivity contribution < 1.29 is 8.42 Å². The van der Waals surface area contributed by atoms with Crippen molar-refractivity contribution in [2.75, 3.05) is 31.1 Å². The summed E-state index contributed by atoms with van der Waals surface area (Å²) in [6, 6.07) is 10.6. The normalized spacial score (nSPS) is 21.1. The van der Waals surface area contributed by atoms with Gasteiger partial charge >= 0.3 is 0 Å². The highest BCUT2D eigenvalue weighted by atomic mass is 32.2. The standard InChI is InChI=1S/C20H35N3O2S/c1-4-23(20-8-6-5-7-9-20)15-14-21-16-18-10-12-19(13-11-18)22-26(24,25)17(2)3/h5-9,17-19,21-22H,4,10-16H2,1-3H3. The highest BCUT2D eigenvalue weighted by Gasteiger charge is 2.26. The Morgan fingerprint density at radius 1 is 1.12 bits per heavy atom. The van der Waals surface area contributed by atoms with E-state index >= 15 is 0 Å². The van der Waals surface area contributed by atoms with E-state index < -0.39 is 10.0 Å². The number of nitrogens with zero attached hydrogens (tertiary/aromatic N) is 1. The van der Waals surface area contributed by atoms with Gasteiger partial charge in [-0.05, 0) is 71.0 Å². The van der Waals surface area contributed by atoms with Crippen molar-refractivity contribution in [2.24, 2.45) is 5.92 Å². The Hall–Kier alpha value is -1.11. The molecule has 0 aliphatic heterocycles. The number of rotatable bonds is 10. The van der Waals surface area contributed by atoms with Crippen LogP contribution >= 0.6 is 0 Å². The summed E-state index contributed by atoms with van der Waals surface area (Å²) in [5, 5.41) is 3.24. The Balaban J connectivity index is 1.64. The summed E-state index contributed by atoms with van der Waals surface area (Å²) in [5.41, 5.74) is 1.27. The van der Waals surface area contributed by atoms with Gasteiger partial charge in [0.1, 0.15) is 0 Å². The fraction of sp³-hybridized carbons (Fsp3) is 0.700. The molecule has 0 spiro atoms. The molecule has 0 unspecified atom stereocenters. The molecule has 0 heterocycles. The molecule has 0 radical (unpaired) electrons. The number of nitrogens with one attached hydrogen (secondary N) is 2. The SMILES string of the molecule is CCN(CCNCC1CCC(NS(=O)(=O)C(C)C)CC1)c1ccccc1. The summed E-state index contributed by atoms with van der Waals surface area (Å²) in [6.45, 7) is 9.65. The first-order valence-corrected chi connectivity index (χ1v) is 11.5. The molecule has 5 nitrogen and oxygen atoms in total. The van der Waals surface area contributed by atoms with Gasteiger partial charge in [-0.25, -0.2) is 13.1 Å². The van der Waals surface area contributed by atoms with Crippen LogP contribution in [0.15, 0.2) is 30.3 Å². The Bertz CT molecular complexity index is 611. The molecule has 0 bridgehead atoms. The van der Waals surface area contributed by atoms with Crippen LogP contribution in [-0.4, -0.2) is 45.9 Å². The predicted molar refractivity (Wildman–Crippen MR) is 110 cm³/mol. The third-order valence-corrected chi connectivity index (χ3v) is 7.20. The van der Waals surface area contributed by atoms with Gasteiger partial charge in [0.05, 0.1) is 5.25 Å². The molecule has 0 saturated heterocycles. The Kier molecular flexibility index (Phi) is 8.38. The second-order valence-corrected chi connectivity index (χ2v) is 9.82. The van der Waals surface area contributed by atoms with Gasteiger partial charge in [0.2, 0.25) is 10.0 Å². The van der Waals surface area contributed by atoms with Crippen LogP contribution in [0.25, 0.3) is 0 Å². The van der Waals surface area contributed by atoms with Gasteiger partial charge in [0.25, 0.3) is 0 Å². The van der Waals surface area contributed by atoms with E-state index in [4.69, 9.17) is 0 Å². The first-order valence-electron chi connectivity index (χ1n) is 9.94. The van der Waals surface area contributed by atoms with E-state index in [0.29, 0.717) is 5.92 Å². The van der Waals surface area contributed by atoms with E-state index in [9.17, 15) is 8.42 Å². The highest BCUT2D eigenvalue weighted by molar-refractivity contribution is 7.90. The van der Waals surface area contributed by atoms with Crippen LogP contribution in [0.4, 0.5) is 5.69 Å². The third-order valence-electron chi connectivity index (χ3n) is 5.29. The lowest BCUT2D eigenvalue weighted by molar-refractivity contribution is 0.303. The molecule has 6 heteroatoms. The molecule has 1 aromatic carbocycles. The molecule has 1 fully saturated rings. The van der Waals surface area contributed by atoms with Crippen LogP contribution in [-0.2, 0) is 10.0 Å². The van der Waals surface area contributed by atoms with Crippen molar-refractivity contribution in [1.82, 2.24) is 10.0 Å². The molecule has 1 aromatic rings. The summed E-state index contributed by atoms with van der Waals surface area (Å²) < 4.78 is 26.8. The molecule has 26 heavy (non-hydrogen) atoms. The van der Waals surface area contributed by atoms with Crippen molar-refractivity contribution >= 4 is 15.7 Å². The van der Waals surface area contributed by atoms with E-state index in [1.54, 1.807) is 13.8 Å². The predicted octanol–water partition coefficient (Wildman–Crippen LogP) is 2.99. The molecular formula is C20H35N3O2S. The van der Waals surface area contributed by atoms with Crippen LogP contribution in [0.2, 0.25) is 0 Å². The zero-order valence-corrected chi connectivity index (χ0v) is 17.3. The molecule has 0 amide bonds. The van der Waals surface area contributed by atoms with E-state index in [1.165, 1.54) is 5.69 Å². The summed E-state index contributed by atoms with van der Waals surface area (Å²) in [6.07, 6.45) is 4.08. The van der Waals surface area contributed by atoms with Crippen LogP contribution in [0.5, 0.6) is 0 Å². The van der Waals surface area contributed by atoms with Gasteiger partial charge in [0, 0.05) is 31.4 Å². The van der Waals surface area contributed by atoms with Gasteiger partial charge in [0.15, 0.2) is 0 Å². The fourth-order valence-corrected chi connectivity index (χ4v) is 4.45. The van der Waals surface area contributed by atoms with E-state index in [2.05, 4.69) is 46.1 Å². The maximum absolute atomic E-state index is 12.0. The molecule has 1 saturated carbocycles. The molecule has 0 aromatic heterocycles. The van der Waals surface area contributed by atoms with Crippen LogP contribution in [0.1, 0.15) is 46.5 Å². The Morgan fingerprint density at radius 2 is 1.77 bits per heavy atom. The maximum atomic E-state index is 12.0. The Labute approximate surface area is 159 Å². The van der Waals surface area contributed by atoms with Gasteiger partial charge in [-0.3, -0.25) is 0 Å². The van der Waals surface area contributed by atoms with E-state index in [0.717, 1.165) is 51.9 Å². The van der Waals surface area contributed by atoms with E-state index in [1.807, 2.05) is 6.07 Å². The molecule has 148 valence electrons. The summed E-state index contributed by atoms with van der Waals surface area (Å²) in [5.74, 6) is 0.654. The Morgan fingerprint density at radius 3 is 2.35 bits per heavy atom. The summed E-state index contributed by atoms with van der Waals surface area (Å²) >= 11 is 0. The number of anilines is 1. The van der Waals surface area contributed by atoms with Gasteiger partial charge in [-0.1, -0.05) is 18.2 Å². The van der Waals surface area contributed by atoms with Crippen LogP contribution in [0.3, 0.4) is 0 Å². The van der Waals surface area contributed by atoms with Gasteiger partial charge in [-0.2, -0.15) is 0 Å². The summed E-state index contributed by atoms with van der Waals surface area (Å²) in [4.78, 5) is 2.38. The first kappa shape index (κ1) is 21.2. The van der Waals surface area contributed by atoms with Crippen molar-refractivity contribution in [3.8, 4) is 0 Å². The maximum Gasteiger partial charge on any atom is 0.214 e. The molecule has 1 aliphatic carbocycles. The number of sulfonamides is 1. The lowest BCUT2D eigenvalue weighted by Gasteiger charge is -2.30. The van der Waals surface area contributed by atoms with Crippen molar-refractivity contribution in [3.63, 3.8) is 0 Å². The largest absolute Gasteiger partial charge is 0.371 e. The van der Waals surface area contributed by atoms with Crippen molar-refractivity contribution in [3.05, 3.63) is 30.3 Å². The van der Waals surface area contributed by atoms with Crippen molar-refractivity contribution in [1.29, 1.82) is 0 Å². The minimum absolute atomic E-state index is 0.118. The second-order valence-electron chi connectivity index (χ2n) is 7.55. The molecule has 1 aliphatic rings. The number of hydrogen-bond acceptors (Lipinski definition) is 4. The molecule has 0 atom stereocenters. The minimum atomic E-state index is -3.15. The minimum Gasteiger partial charge on any atom is -0.371 e. The first-order chi connectivity index (χ1) is 12.4. The third kappa shape index (κ3) is 6.56. The number of hydrogen-bond donors (Lipinski definition) is 2. The topological polar surface area (TPSA) is 61.4 Å². The lowest BCUT2D eigenvalue weighted by Crippen LogP contribution is -2.42. The average molecular weight is 382 g/mol. The summed E-state index contributed by atoms with van der Waals surface area (Å²) in [7, 11) is -3.15. The quantitative estimate of drug-likeness (QED) is 0.612. The second kappa shape index (κ2) is 10.3. The monoisotopic (exact) mass is 381 g/mol. The highest BCUT2D eigenvalue weighted by Crippen LogP contribution is 2.24. The fourth-order valence-electron chi connectivity index (χ4n) is 3.48. The molecular weight excluding hydrogens is 346 g/mol. The number of likely N-dealkylation sites (N-methyl/N-ethyl adjacent to an activating group) is 1. The van der Waals surface area contributed by atoms with E-state index in [-0.39, 0.29) is 11.3 Å². The zero-order valence-electron chi connectivity index (χ0n) is 16.4.